The van der Waals surface area contributed by atoms with Crippen LogP contribution >= 0.6 is 0 Å². The Hall–Kier alpha value is -1.55. The molecule has 0 aromatic heterocycles. The third kappa shape index (κ3) is 2.48. The first-order valence-corrected chi connectivity index (χ1v) is 6.26. The Morgan fingerprint density at radius 3 is 2.72 bits per heavy atom. The summed E-state index contributed by atoms with van der Waals surface area (Å²) in [5.41, 5.74) is 0.650. The molecule has 4 heteroatoms. The van der Waals surface area contributed by atoms with Crippen LogP contribution in [0.15, 0.2) is 24.3 Å². The number of amides is 1. The maximum atomic E-state index is 12.5. The Kier molecular flexibility index (Phi) is 3.87. The lowest BCUT2D eigenvalue weighted by Crippen LogP contribution is -2.52. The van der Waals surface area contributed by atoms with E-state index in [1.54, 1.807) is 7.11 Å². The molecule has 0 N–H and O–H groups in total. The summed E-state index contributed by atoms with van der Waals surface area (Å²) in [5, 5.41) is 0. The predicted octanol–water partition coefficient (Wildman–Crippen LogP) is 1.47. The molecule has 2 rings (SSSR count). The van der Waals surface area contributed by atoms with Crippen molar-refractivity contribution in [1.29, 1.82) is 0 Å². The summed E-state index contributed by atoms with van der Waals surface area (Å²) in [7, 11) is 3.69. The summed E-state index contributed by atoms with van der Waals surface area (Å²) < 4.78 is 5.25. The van der Waals surface area contributed by atoms with Crippen molar-refractivity contribution < 1.29 is 9.53 Å². The zero-order chi connectivity index (χ0) is 13.1. The van der Waals surface area contributed by atoms with Gasteiger partial charge in [0.2, 0.25) is 0 Å². The molecule has 1 fully saturated rings. The van der Waals surface area contributed by atoms with Crippen molar-refractivity contribution in [2.75, 3.05) is 33.8 Å². The minimum atomic E-state index is 0.0624. The average Bonchev–Trinajstić information content (AvgIpc) is 2.41. The smallest absolute Gasteiger partial charge is 0.257 e. The fourth-order valence-electron chi connectivity index (χ4n) is 2.22. The van der Waals surface area contributed by atoms with Crippen molar-refractivity contribution in [3.63, 3.8) is 0 Å². The number of carbonyl (C=O) groups is 1. The van der Waals surface area contributed by atoms with Crippen LogP contribution in [-0.2, 0) is 0 Å². The van der Waals surface area contributed by atoms with E-state index in [0.29, 0.717) is 17.4 Å². The van der Waals surface area contributed by atoms with Gasteiger partial charge in [-0.15, -0.1) is 0 Å². The first-order valence-electron chi connectivity index (χ1n) is 6.26. The summed E-state index contributed by atoms with van der Waals surface area (Å²) in [6.07, 6.45) is 0. The summed E-state index contributed by atoms with van der Waals surface area (Å²) in [4.78, 5) is 16.6. The van der Waals surface area contributed by atoms with Crippen LogP contribution in [0.1, 0.15) is 17.3 Å². The van der Waals surface area contributed by atoms with Gasteiger partial charge in [-0.2, -0.15) is 0 Å². The molecule has 1 amide bonds. The second-order valence-corrected chi connectivity index (χ2v) is 4.78. The highest BCUT2D eigenvalue weighted by atomic mass is 16.5. The largest absolute Gasteiger partial charge is 0.496 e. The molecule has 1 aliphatic heterocycles. The van der Waals surface area contributed by atoms with Gasteiger partial charge in [-0.25, -0.2) is 0 Å². The Bertz CT molecular complexity index is 434. The topological polar surface area (TPSA) is 32.8 Å². The first-order chi connectivity index (χ1) is 8.63. The maximum Gasteiger partial charge on any atom is 0.257 e. The Morgan fingerprint density at radius 2 is 2.06 bits per heavy atom. The Morgan fingerprint density at radius 1 is 1.33 bits per heavy atom. The number of benzene rings is 1. The highest BCUT2D eigenvalue weighted by molar-refractivity contribution is 5.97. The van der Waals surface area contributed by atoms with E-state index in [-0.39, 0.29) is 5.91 Å². The molecule has 1 aromatic carbocycles. The van der Waals surface area contributed by atoms with Crippen LogP contribution in [0.2, 0.25) is 0 Å². The van der Waals surface area contributed by atoms with E-state index in [0.717, 1.165) is 19.6 Å². The predicted molar refractivity (Wildman–Crippen MR) is 71.0 cm³/mol. The van der Waals surface area contributed by atoms with E-state index < -0.39 is 0 Å². The van der Waals surface area contributed by atoms with Gasteiger partial charge < -0.3 is 14.5 Å². The lowest BCUT2D eigenvalue weighted by molar-refractivity contribution is 0.0569. The molecular weight excluding hydrogens is 228 g/mol. The summed E-state index contributed by atoms with van der Waals surface area (Å²) in [5.74, 6) is 0.710. The van der Waals surface area contributed by atoms with Gasteiger partial charge in [0, 0.05) is 25.7 Å². The minimum Gasteiger partial charge on any atom is -0.496 e. The number of piperazine rings is 1. The molecule has 4 nitrogen and oxygen atoms in total. The van der Waals surface area contributed by atoms with E-state index in [1.807, 2.05) is 29.2 Å². The van der Waals surface area contributed by atoms with Crippen LogP contribution in [0.5, 0.6) is 5.75 Å². The van der Waals surface area contributed by atoms with Gasteiger partial charge in [0.1, 0.15) is 5.75 Å². The third-order valence-corrected chi connectivity index (χ3v) is 3.58. The van der Waals surface area contributed by atoms with E-state index in [2.05, 4.69) is 18.9 Å². The fourth-order valence-corrected chi connectivity index (χ4v) is 2.22. The molecule has 18 heavy (non-hydrogen) atoms. The number of hydrogen-bond acceptors (Lipinski definition) is 3. The third-order valence-electron chi connectivity index (χ3n) is 3.58. The molecule has 1 atom stereocenters. The summed E-state index contributed by atoms with van der Waals surface area (Å²) in [6, 6.07) is 7.80. The minimum absolute atomic E-state index is 0.0624. The van der Waals surface area contributed by atoms with Crippen molar-refractivity contribution in [2.45, 2.75) is 13.0 Å². The zero-order valence-corrected chi connectivity index (χ0v) is 11.2. The fraction of sp³-hybridized carbons (Fsp3) is 0.500. The number of likely N-dealkylation sites (N-methyl/N-ethyl adjacent to an activating group) is 1. The van der Waals surface area contributed by atoms with Crippen molar-refractivity contribution in [2.24, 2.45) is 0 Å². The van der Waals surface area contributed by atoms with Gasteiger partial charge in [-0.05, 0) is 26.1 Å². The molecule has 0 bridgehead atoms. The first kappa shape index (κ1) is 12.9. The molecule has 1 saturated heterocycles. The van der Waals surface area contributed by atoms with Crippen LogP contribution in [-0.4, -0.2) is 55.5 Å². The molecule has 1 aliphatic rings. The van der Waals surface area contributed by atoms with Crippen molar-refractivity contribution in [3.8, 4) is 5.75 Å². The van der Waals surface area contributed by atoms with E-state index in [4.69, 9.17) is 4.74 Å². The molecule has 1 aromatic rings. The van der Waals surface area contributed by atoms with E-state index in [9.17, 15) is 4.79 Å². The zero-order valence-electron chi connectivity index (χ0n) is 11.2. The van der Waals surface area contributed by atoms with Crippen LogP contribution in [0.25, 0.3) is 0 Å². The van der Waals surface area contributed by atoms with Gasteiger partial charge in [0.15, 0.2) is 0 Å². The number of para-hydroxylation sites is 1. The average molecular weight is 248 g/mol. The molecule has 0 spiro atoms. The van der Waals surface area contributed by atoms with Crippen molar-refractivity contribution >= 4 is 5.91 Å². The SMILES string of the molecule is COc1ccccc1C(=O)N1CCN(C)C(C)C1. The summed E-state index contributed by atoms with van der Waals surface area (Å²) in [6.45, 7) is 4.61. The number of methoxy groups -OCH3 is 1. The van der Waals surface area contributed by atoms with E-state index >= 15 is 0 Å². The van der Waals surface area contributed by atoms with Crippen LogP contribution in [0.4, 0.5) is 0 Å². The van der Waals surface area contributed by atoms with Gasteiger partial charge in [-0.1, -0.05) is 12.1 Å². The van der Waals surface area contributed by atoms with Crippen molar-refractivity contribution in [3.05, 3.63) is 29.8 Å². The molecule has 1 unspecified atom stereocenters. The monoisotopic (exact) mass is 248 g/mol. The molecule has 98 valence electrons. The lowest BCUT2D eigenvalue weighted by atomic mass is 10.1. The standard InChI is InChI=1S/C14H20N2O2/c1-11-10-16(9-8-15(11)2)14(17)12-6-4-5-7-13(12)18-3/h4-7,11H,8-10H2,1-3H3. The molecule has 1 heterocycles. The second kappa shape index (κ2) is 5.40. The number of ether oxygens (including phenoxy) is 1. The quantitative estimate of drug-likeness (QED) is 0.794. The van der Waals surface area contributed by atoms with Gasteiger partial charge in [0.05, 0.1) is 12.7 Å². The van der Waals surface area contributed by atoms with Crippen LogP contribution in [0.3, 0.4) is 0 Å². The number of rotatable bonds is 2. The normalized spacial score (nSPS) is 20.8. The Labute approximate surface area is 108 Å². The van der Waals surface area contributed by atoms with Gasteiger partial charge >= 0.3 is 0 Å². The van der Waals surface area contributed by atoms with E-state index in [1.165, 1.54) is 0 Å². The molecule has 0 saturated carbocycles. The second-order valence-electron chi connectivity index (χ2n) is 4.78. The van der Waals surface area contributed by atoms with Crippen LogP contribution < -0.4 is 4.74 Å². The van der Waals surface area contributed by atoms with Gasteiger partial charge in [0.25, 0.3) is 5.91 Å². The van der Waals surface area contributed by atoms with Crippen molar-refractivity contribution in [1.82, 2.24) is 9.80 Å². The number of nitrogens with zero attached hydrogens (tertiary/aromatic N) is 2. The maximum absolute atomic E-state index is 12.5. The molecular formula is C14H20N2O2. The molecule has 0 aliphatic carbocycles. The molecule has 0 radical (unpaired) electrons. The highest BCUT2D eigenvalue weighted by Crippen LogP contribution is 2.20. The van der Waals surface area contributed by atoms with Crippen LogP contribution in [0, 0.1) is 0 Å². The lowest BCUT2D eigenvalue weighted by Gasteiger charge is -2.37. The Balaban J connectivity index is 2.16. The van der Waals surface area contributed by atoms with Gasteiger partial charge in [-0.3, -0.25) is 4.79 Å². The number of carbonyl (C=O) groups excluding carboxylic acids is 1. The summed E-state index contributed by atoms with van der Waals surface area (Å²) >= 11 is 0. The highest BCUT2D eigenvalue weighted by Gasteiger charge is 2.26. The number of hydrogen-bond donors (Lipinski definition) is 0.